The van der Waals surface area contributed by atoms with Gasteiger partial charge in [0.25, 0.3) is 0 Å². The zero-order valence-corrected chi connectivity index (χ0v) is 17.1. The van der Waals surface area contributed by atoms with Crippen molar-refractivity contribution in [1.29, 1.82) is 0 Å². The van der Waals surface area contributed by atoms with Crippen molar-refractivity contribution in [2.45, 2.75) is 58.6 Å². The van der Waals surface area contributed by atoms with E-state index in [1.54, 1.807) is 0 Å². The minimum atomic E-state index is 0.0618. The van der Waals surface area contributed by atoms with Gasteiger partial charge in [-0.25, -0.2) is 0 Å². The average Bonchev–Trinajstić information content (AvgIpc) is 3.20. The largest absolute Gasteiger partial charge is 0.486 e. The molecule has 2 heterocycles. The van der Waals surface area contributed by atoms with Gasteiger partial charge in [0.05, 0.1) is 6.10 Å². The number of hydrogen-bond acceptors (Lipinski definition) is 4. The van der Waals surface area contributed by atoms with Gasteiger partial charge in [-0.1, -0.05) is 26.8 Å². The Morgan fingerprint density at radius 3 is 2.75 bits per heavy atom. The maximum atomic E-state index is 12.3. The van der Waals surface area contributed by atoms with Gasteiger partial charge < -0.3 is 19.5 Å². The number of amides is 1. The highest BCUT2D eigenvalue weighted by Crippen LogP contribution is 2.70. The molecule has 2 saturated carbocycles. The Hall–Kier alpha value is -1.75. The second kappa shape index (κ2) is 6.38. The van der Waals surface area contributed by atoms with Gasteiger partial charge in [-0.3, -0.25) is 4.79 Å². The van der Waals surface area contributed by atoms with E-state index in [-0.39, 0.29) is 28.9 Å². The highest BCUT2D eigenvalue weighted by atomic mass is 16.6. The van der Waals surface area contributed by atoms with Crippen LogP contribution in [0.1, 0.15) is 58.1 Å². The van der Waals surface area contributed by atoms with E-state index in [1.807, 2.05) is 13.0 Å². The third-order valence-electron chi connectivity index (χ3n) is 8.03. The standard InChI is InChI=1S/C23H31NO4/c1-4-19(25)24-21-22(2,3)15-12-16-20(28-8-7-23(16,21)13-15)14-5-6-17-18(11-14)27-10-9-26-17/h5-6,11,15-16,20-21H,4,7-10,12-13H2,1-3H3,(H,24,25)/t15-,16-,20-,21+,23-/m1/s1. The van der Waals surface area contributed by atoms with E-state index in [2.05, 4.69) is 31.3 Å². The molecule has 152 valence electrons. The number of hydrogen-bond donors (Lipinski definition) is 1. The van der Waals surface area contributed by atoms with Crippen molar-refractivity contribution in [3.8, 4) is 11.5 Å². The van der Waals surface area contributed by atoms with E-state index in [4.69, 9.17) is 14.2 Å². The molecule has 4 aliphatic rings. The SMILES string of the molecule is CCC(=O)N[C@H]1C(C)(C)[C@@H]2C[C@@H]3[C@@H](c4ccc5c(c4)OCCO5)OCC[C@@]31C2. The lowest BCUT2D eigenvalue weighted by Gasteiger charge is -2.53. The van der Waals surface area contributed by atoms with E-state index in [9.17, 15) is 4.79 Å². The number of benzene rings is 1. The minimum Gasteiger partial charge on any atom is -0.486 e. The maximum absolute atomic E-state index is 12.3. The number of fused-ring (bicyclic) bond motifs is 2. The average molecular weight is 386 g/mol. The van der Waals surface area contributed by atoms with E-state index >= 15 is 0 Å². The Labute approximate surface area is 167 Å². The quantitative estimate of drug-likeness (QED) is 0.858. The van der Waals surface area contributed by atoms with Crippen molar-refractivity contribution in [3.63, 3.8) is 0 Å². The molecule has 1 spiro atoms. The van der Waals surface area contributed by atoms with Gasteiger partial charge in [-0.15, -0.1) is 0 Å². The van der Waals surface area contributed by atoms with Crippen molar-refractivity contribution in [2.24, 2.45) is 22.7 Å². The molecule has 1 aromatic carbocycles. The van der Waals surface area contributed by atoms with Crippen LogP contribution < -0.4 is 14.8 Å². The maximum Gasteiger partial charge on any atom is 0.219 e. The number of rotatable bonds is 3. The molecule has 1 aromatic rings. The zero-order chi connectivity index (χ0) is 19.5. The Morgan fingerprint density at radius 1 is 1.18 bits per heavy atom. The summed E-state index contributed by atoms with van der Waals surface area (Å²) in [5.74, 6) is 2.88. The summed E-state index contributed by atoms with van der Waals surface area (Å²) in [6.45, 7) is 8.57. The summed E-state index contributed by atoms with van der Waals surface area (Å²) in [5.41, 5.74) is 1.45. The molecule has 5 atom stereocenters. The minimum absolute atomic E-state index is 0.0618. The highest BCUT2D eigenvalue weighted by molar-refractivity contribution is 5.76. The molecule has 5 rings (SSSR count). The third-order valence-corrected chi connectivity index (χ3v) is 8.03. The molecule has 0 unspecified atom stereocenters. The van der Waals surface area contributed by atoms with Crippen LogP contribution in [0.15, 0.2) is 18.2 Å². The van der Waals surface area contributed by atoms with Crippen LogP contribution in [0.25, 0.3) is 0 Å². The van der Waals surface area contributed by atoms with Crippen LogP contribution in [0.2, 0.25) is 0 Å². The normalized spacial score (nSPS) is 37.4. The summed E-state index contributed by atoms with van der Waals surface area (Å²) in [5, 5.41) is 3.42. The lowest BCUT2D eigenvalue weighted by Crippen LogP contribution is -2.58. The molecular formula is C23H31NO4. The zero-order valence-electron chi connectivity index (χ0n) is 17.1. The van der Waals surface area contributed by atoms with Crippen molar-refractivity contribution in [2.75, 3.05) is 19.8 Å². The first-order valence-electron chi connectivity index (χ1n) is 10.8. The second-order valence-corrected chi connectivity index (χ2v) is 9.60. The monoisotopic (exact) mass is 385 g/mol. The fourth-order valence-corrected chi connectivity index (χ4v) is 6.62. The van der Waals surface area contributed by atoms with Crippen LogP contribution in [0, 0.1) is 22.7 Å². The number of carbonyl (C=O) groups is 1. The van der Waals surface area contributed by atoms with Crippen LogP contribution in [0.5, 0.6) is 11.5 Å². The van der Waals surface area contributed by atoms with Crippen molar-refractivity contribution in [3.05, 3.63) is 23.8 Å². The van der Waals surface area contributed by atoms with Crippen LogP contribution in [-0.4, -0.2) is 31.8 Å². The van der Waals surface area contributed by atoms with Gasteiger partial charge >= 0.3 is 0 Å². The van der Waals surface area contributed by atoms with Crippen LogP contribution in [-0.2, 0) is 9.53 Å². The molecule has 0 aromatic heterocycles. The lowest BCUT2D eigenvalue weighted by molar-refractivity contribution is -0.137. The summed E-state index contributed by atoms with van der Waals surface area (Å²) in [7, 11) is 0. The van der Waals surface area contributed by atoms with E-state index in [0.717, 1.165) is 24.5 Å². The lowest BCUT2D eigenvalue weighted by atomic mass is 9.59. The molecule has 3 fully saturated rings. The van der Waals surface area contributed by atoms with Gasteiger partial charge in [-0.2, -0.15) is 0 Å². The van der Waals surface area contributed by atoms with E-state index in [1.165, 1.54) is 18.4 Å². The van der Waals surface area contributed by atoms with E-state index in [0.29, 0.717) is 31.5 Å². The topological polar surface area (TPSA) is 56.8 Å². The number of carbonyl (C=O) groups excluding carboxylic acids is 1. The summed E-state index contributed by atoms with van der Waals surface area (Å²) >= 11 is 0. The van der Waals surface area contributed by atoms with Crippen LogP contribution in [0.3, 0.4) is 0 Å². The van der Waals surface area contributed by atoms with Gasteiger partial charge in [0.1, 0.15) is 13.2 Å². The van der Waals surface area contributed by atoms with Crippen LogP contribution >= 0.6 is 0 Å². The molecule has 0 radical (unpaired) electrons. The predicted octanol–water partition coefficient (Wildman–Crippen LogP) is 3.87. The first-order valence-corrected chi connectivity index (χ1v) is 10.8. The first kappa shape index (κ1) is 18.3. The molecule has 1 saturated heterocycles. The Balaban J connectivity index is 1.49. The predicted molar refractivity (Wildman–Crippen MR) is 105 cm³/mol. The van der Waals surface area contributed by atoms with Crippen molar-refractivity contribution >= 4 is 5.91 Å². The summed E-state index contributed by atoms with van der Waals surface area (Å²) < 4.78 is 17.9. The van der Waals surface area contributed by atoms with Gasteiger partial charge in [0.15, 0.2) is 11.5 Å². The van der Waals surface area contributed by atoms with Crippen molar-refractivity contribution in [1.82, 2.24) is 5.32 Å². The molecule has 28 heavy (non-hydrogen) atoms. The molecule has 2 aliphatic heterocycles. The molecule has 1 N–H and O–H groups in total. The third kappa shape index (κ3) is 2.51. The molecule has 5 nitrogen and oxygen atoms in total. The van der Waals surface area contributed by atoms with Crippen LogP contribution in [0.4, 0.5) is 0 Å². The van der Waals surface area contributed by atoms with Gasteiger partial charge in [0.2, 0.25) is 5.91 Å². The van der Waals surface area contributed by atoms with Gasteiger partial charge in [0, 0.05) is 19.1 Å². The Morgan fingerprint density at radius 2 is 1.96 bits per heavy atom. The number of ether oxygens (including phenoxy) is 3. The molecule has 5 heteroatoms. The fraction of sp³-hybridized carbons (Fsp3) is 0.696. The Bertz CT molecular complexity index is 791. The molecular weight excluding hydrogens is 354 g/mol. The van der Waals surface area contributed by atoms with Crippen molar-refractivity contribution < 1.29 is 19.0 Å². The van der Waals surface area contributed by atoms with E-state index < -0.39 is 0 Å². The second-order valence-electron chi connectivity index (χ2n) is 9.60. The summed E-state index contributed by atoms with van der Waals surface area (Å²) in [6.07, 6.45) is 4.01. The Kier molecular flexibility index (Phi) is 4.17. The molecule has 2 aliphatic carbocycles. The summed E-state index contributed by atoms with van der Waals surface area (Å²) in [4.78, 5) is 12.3. The summed E-state index contributed by atoms with van der Waals surface area (Å²) in [6, 6.07) is 6.48. The highest BCUT2D eigenvalue weighted by Gasteiger charge is 2.68. The molecule has 1 amide bonds. The first-order chi connectivity index (χ1) is 13.5. The smallest absolute Gasteiger partial charge is 0.219 e. The fourth-order valence-electron chi connectivity index (χ4n) is 6.62. The molecule has 2 bridgehead atoms. The number of nitrogens with one attached hydrogen (secondary N) is 1. The van der Waals surface area contributed by atoms with Gasteiger partial charge in [-0.05, 0) is 59.6 Å².